The summed E-state index contributed by atoms with van der Waals surface area (Å²) in [6, 6.07) is 6.21. The summed E-state index contributed by atoms with van der Waals surface area (Å²) in [6.45, 7) is 0. The number of alkyl halides is 1. The summed E-state index contributed by atoms with van der Waals surface area (Å²) in [5, 5.41) is 0.313. The van der Waals surface area contributed by atoms with Crippen molar-refractivity contribution in [3.8, 4) is 11.5 Å². The van der Waals surface area contributed by atoms with Crippen LogP contribution in [0.2, 0.25) is 0 Å². The summed E-state index contributed by atoms with van der Waals surface area (Å²) in [6.07, 6.45) is 0. The number of benzene rings is 2. The fourth-order valence-electron chi connectivity index (χ4n) is 1.45. The van der Waals surface area contributed by atoms with E-state index in [-0.39, 0.29) is 5.75 Å². The van der Waals surface area contributed by atoms with Crippen molar-refractivity contribution in [1.29, 1.82) is 0 Å². The van der Waals surface area contributed by atoms with E-state index in [9.17, 15) is 13.2 Å². The highest BCUT2D eigenvalue weighted by atomic mass is 79.9. The lowest BCUT2D eigenvalue weighted by Crippen LogP contribution is -1.96. The Labute approximate surface area is 124 Å². The van der Waals surface area contributed by atoms with Crippen molar-refractivity contribution in [2.45, 2.75) is 5.33 Å². The van der Waals surface area contributed by atoms with Crippen LogP contribution in [0, 0.1) is 17.5 Å². The molecular weight excluding hydrogens is 389 g/mol. The van der Waals surface area contributed by atoms with Gasteiger partial charge >= 0.3 is 0 Å². The van der Waals surface area contributed by atoms with Gasteiger partial charge in [0.25, 0.3) is 0 Å². The van der Waals surface area contributed by atoms with Crippen LogP contribution in [-0.2, 0) is 5.33 Å². The zero-order valence-electron chi connectivity index (χ0n) is 9.39. The third kappa shape index (κ3) is 3.30. The van der Waals surface area contributed by atoms with E-state index in [1.165, 1.54) is 12.1 Å². The molecule has 0 atom stereocenters. The highest BCUT2D eigenvalue weighted by molar-refractivity contribution is 9.10. The minimum Gasteiger partial charge on any atom is -0.448 e. The number of hydrogen-bond donors (Lipinski definition) is 0. The zero-order valence-corrected chi connectivity index (χ0v) is 12.6. The maximum atomic E-state index is 13.7. The number of rotatable bonds is 3. The number of ether oxygens (including phenoxy) is 1. The molecule has 0 N–H and O–H groups in total. The van der Waals surface area contributed by atoms with E-state index in [1.807, 2.05) is 0 Å². The Hall–Kier alpha value is -1.01. The van der Waals surface area contributed by atoms with E-state index < -0.39 is 23.2 Å². The number of halogens is 5. The Balaban J connectivity index is 2.38. The zero-order chi connectivity index (χ0) is 14.0. The second kappa shape index (κ2) is 5.96. The first-order chi connectivity index (χ1) is 9.01. The molecule has 0 bridgehead atoms. The van der Waals surface area contributed by atoms with Gasteiger partial charge in [-0.3, -0.25) is 0 Å². The fraction of sp³-hybridized carbons (Fsp3) is 0.0769. The third-order valence-corrected chi connectivity index (χ3v) is 3.46. The number of hydrogen-bond acceptors (Lipinski definition) is 1. The molecule has 0 heterocycles. The molecule has 0 aliphatic rings. The highest BCUT2D eigenvalue weighted by Crippen LogP contribution is 2.31. The normalized spacial score (nSPS) is 10.6. The van der Waals surface area contributed by atoms with Crippen molar-refractivity contribution < 1.29 is 17.9 Å². The summed E-state index contributed by atoms with van der Waals surface area (Å²) in [5.41, 5.74) is 0.429. The van der Waals surface area contributed by atoms with E-state index in [0.717, 1.165) is 18.2 Å². The van der Waals surface area contributed by atoms with Crippen molar-refractivity contribution in [3.05, 3.63) is 57.8 Å². The lowest BCUT2D eigenvalue weighted by atomic mass is 10.2. The molecule has 0 aliphatic carbocycles. The van der Waals surface area contributed by atoms with Gasteiger partial charge in [-0.25, -0.2) is 13.2 Å². The van der Waals surface area contributed by atoms with Crippen LogP contribution < -0.4 is 4.74 Å². The van der Waals surface area contributed by atoms with Crippen LogP contribution in [0.3, 0.4) is 0 Å². The molecule has 0 amide bonds. The minimum absolute atomic E-state index is 0.243. The molecule has 0 fully saturated rings. The summed E-state index contributed by atoms with van der Waals surface area (Å²) in [4.78, 5) is 0. The average molecular weight is 396 g/mol. The Kier molecular flexibility index (Phi) is 4.52. The summed E-state index contributed by atoms with van der Waals surface area (Å²) >= 11 is 6.18. The molecule has 0 saturated carbocycles. The van der Waals surface area contributed by atoms with Crippen molar-refractivity contribution in [2.24, 2.45) is 0 Å². The van der Waals surface area contributed by atoms with Gasteiger partial charge in [-0.2, -0.15) is 0 Å². The van der Waals surface area contributed by atoms with Crippen LogP contribution in [0.4, 0.5) is 13.2 Å². The molecule has 6 heteroatoms. The van der Waals surface area contributed by atoms with Gasteiger partial charge in [0.1, 0.15) is 0 Å². The molecule has 0 saturated heterocycles. The smallest absolute Gasteiger partial charge is 0.198 e. The summed E-state index contributed by atoms with van der Waals surface area (Å²) in [5.74, 6) is -3.33. The predicted octanol–water partition coefficient (Wildman–Crippen LogP) is 5.55. The Morgan fingerprint density at radius 3 is 2.11 bits per heavy atom. The van der Waals surface area contributed by atoms with Crippen molar-refractivity contribution >= 4 is 31.9 Å². The van der Waals surface area contributed by atoms with Crippen LogP contribution >= 0.6 is 31.9 Å². The Morgan fingerprint density at radius 1 is 0.947 bits per heavy atom. The van der Waals surface area contributed by atoms with Gasteiger partial charge in [0.2, 0.25) is 0 Å². The second-order valence-corrected chi connectivity index (χ2v) is 5.18. The molecule has 0 aliphatic heterocycles. The van der Waals surface area contributed by atoms with Gasteiger partial charge in [-0.1, -0.05) is 31.9 Å². The largest absolute Gasteiger partial charge is 0.448 e. The van der Waals surface area contributed by atoms with Gasteiger partial charge in [-0.05, 0) is 35.9 Å². The second-order valence-electron chi connectivity index (χ2n) is 3.70. The molecule has 2 aromatic carbocycles. The summed E-state index contributed by atoms with van der Waals surface area (Å²) in [7, 11) is 0. The lowest BCUT2D eigenvalue weighted by molar-refractivity contribution is 0.387. The maximum Gasteiger partial charge on any atom is 0.198 e. The first-order valence-electron chi connectivity index (χ1n) is 5.18. The Bertz CT molecular complexity index is 594. The lowest BCUT2D eigenvalue weighted by Gasteiger charge is -2.10. The van der Waals surface area contributed by atoms with E-state index in [0.29, 0.717) is 15.4 Å². The monoisotopic (exact) mass is 394 g/mol. The van der Waals surface area contributed by atoms with Gasteiger partial charge in [-0.15, -0.1) is 0 Å². The van der Waals surface area contributed by atoms with Gasteiger partial charge in [0.15, 0.2) is 29.0 Å². The van der Waals surface area contributed by atoms with Crippen molar-refractivity contribution in [1.82, 2.24) is 0 Å². The molecule has 0 unspecified atom stereocenters. The molecule has 0 radical (unpaired) electrons. The van der Waals surface area contributed by atoms with Crippen molar-refractivity contribution in [3.63, 3.8) is 0 Å². The SMILES string of the molecule is Fc1cc(Br)ccc1Oc1c(F)cc(CBr)cc1F. The molecule has 0 spiro atoms. The average Bonchev–Trinajstić information content (AvgIpc) is 2.35. The van der Waals surface area contributed by atoms with E-state index in [4.69, 9.17) is 4.74 Å². The molecule has 1 nitrogen and oxygen atoms in total. The third-order valence-electron chi connectivity index (χ3n) is 2.32. The van der Waals surface area contributed by atoms with Crippen LogP contribution in [0.5, 0.6) is 11.5 Å². The van der Waals surface area contributed by atoms with Crippen LogP contribution in [-0.4, -0.2) is 0 Å². The highest BCUT2D eigenvalue weighted by Gasteiger charge is 2.15. The van der Waals surface area contributed by atoms with Crippen LogP contribution in [0.15, 0.2) is 34.8 Å². The predicted molar refractivity (Wildman–Crippen MR) is 73.2 cm³/mol. The van der Waals surface area contributed by atoms with E-state index >= 15 is 0 Å². The first-order valence-corrected chi connectivity index (χ1v) is 7.09. The quantitative estimate of drug-likeness (QED) is 0.618. The van der Waals surface area contributed by atoms with Crippen LogP contribution in [0.1, 0.15) is 5.56 Å². The maximum absolute atomic E-state index is 13.7. The molecule has 2 rings (SSSR count). The Morgan fingerprint density at radius 2 is 1.58 bits per heavy atom. The van der Waals surface area contributed by atoms with Crippen LogP contribution in [0.25, 0.3) is 0 Å². The first kappa shape index (κ1) is 14.4. The summed E-state index contributed by atoms with van der Waals surface area (Å²) < 4.78 is 46.4. The molecule has 0 aromatic heterocycles. The van der Waals surface area contributed by atoms with Gasteiger partial charge < -0.3 is 4.74 Å². The molecular formula is C13H7Br2F3O. The molecule has 19 heavy (non-hydrogen) atoms. The minimum atomic E-state index is -0.878. The van der Waals surface area contributed by atoms with Gasteiger partial charge in [0, 0.05) is 9.80 Å². The standard InChI is InChI=1S/C13H7Br2F3O/c14-6-7-3-10(17)13(11(18)4-7)19-12-2-1-8(15)5-9(12)16/h1-5H,6H2. The topological polar surface area (TPSA) is 9.23 Å². The molecule has 2 aromatic rings. The molecule has 100 valence electrons. The van der Waals surface area contributed by atoms with Crippen molar-refractivity contribution in [2.75, 3.05) is 0 Å². The van der Waals surface area contributed by atoms with E-state index in [2.05, 4.69) is 31.9 Å². The van der Waals surface area contributed by atoms with Gasteiger partial charge in [0.05, 0.1) is 0 Å². The fourth-order valence-corrected chi connectivity index (χ4v) is 2.11. The van der Waals surface area contributed by atoms with E-state index in [1.54, 1.807) is 0 Å².